The maximum absolute atomic E-state index is 14.4. The van der Waals surface area contributed by atoms with Gasteiger partial charge in [-0.15, -0.1) is 0 Å². The topological polar surface area (TPSA) is 86.8 Å². The van der Waals surface area contributed by atoms with Crippen molar-refractivity contribution in [1.29, 1.82) is 0 Å². The summed E-state index contributed by atoms with van der Waals surface area (Å²) in [5.74, 6) is -0.786. The van der Waals surface area contributed by atoms with Crippen molar-refractivity contribution in [1.82, 2.24) is 10.2 Å². The molecule has 0 aliphatic carbocycles. The van der Waals surface area contributed by atoms with Gasteiger partial charge in [-0.2, -0.15) is 0 Å². The number of rotatable bonds is 12. The summed E-state index contributed by atoms with van der Waals surface area (Å²) in [5, 5.41) is 2.97. The monoisotopic (exact) mass is 597 g/mol. The molecular formula is C35H39N3O4S. The Bertz CT molecular complexity index is 1610. The van der Waals surface area contributed by atoms with Crippen molar-refractivity contribution < 1.29 is 18.0 Å². The van der Waals surface area contributed by atoms with E-state index >= 15 is 0 Å². The second-order valence-corrected chi connectivity index (χ2v) is 12.9. The summed E-state index contributed by atoms with van der Waals surface area (Å²) in [6.45, 7) is 7.19. The number of anilines is 1. The van der Waals surface area contributed by atoms with E-state index < -0.39 is 28.5 Å². The molecule has 4 rings (SSSR count). The van der Waals surface area contributed by atoms with E-state index in [9.17, 15) is 18.0 Å². The molecule has 7 nitrogen and oxygen atoms in total. The van der Waals surface area contributed by atoms with Crippen LogP contribution in [0.3, 0.4) is 0 Å². The highest BCUT2D eigenvalue weighted by atomic mass is 32.2. The molecule has 2 amide bonds. The number of nitrogens with zero attached hydrogens (tertiary/aromatic N) is 2. The van der Waals surface area contributed by atoms with Gasteiger partial charge in [0.25, 0.3) is 10.0 Å². The first kappa shape index (κ1) is 31.5. The first-order valence-corrected chi connectivity index (χ1v) is 15.8. The molecule has 8 heteroatoms. The van der Waals surface area contributed by atoms with Crippen molar-refractivity contribution in [3.05, 3.63) is 131 Å². The lowest BCUT2D eigenvalue weighted by molar-refractivity contribution is -0.140. The second kappa shape index (κ2) is 14.2. The molecule has 1 N–H and O–H groups in total. The maximum Gasteiger partial charge on any atom is 0.264 e. The third kappa shape index (κ3) is 8.32. The van der Waals surface area contributed by atoms with Crippen LogP contribution in [0.25, 0.3) is 0 Å². The van der Waals surface area contributed by atoms with Gasteiger partial charge in [-0.05, 0) is 63.1 Å². The van der Waals surface area contributed by atoms with E-state index in [1.807, 2.05) is 100 Å². The summed E-state index contributed by atoms with van der Waals surface area (Å²) in [6.07, 6.45) is 0.271. The Hall–Kier alpha value is -4.43. The minimum absolute atomic E-state index is 0.0828. The van der Waals surface area contributed by atoms with Crippen molar-refractivity contribution in [2.45, 2.75) is 57.6 Å². The van der Waals surface area contributed by atoms with Crippen molar-refractivity contribution in [2.24, 2.45) is 0 Å². The molecule has 1 atom stereocenters. The van der Waals surface area contributed by atoms with E-state index in [0.29, 0.717) is 5.69 Å². The zero-order chi connectivity index (χ0) is 31.0. The van der Waals surface area contributed by atoms with Gasteiger partial charge in [0, 0.05) is 19.0 Å². The number of nitrogens with one attached hydrogen (secondary N) is 1. The molecule has 0 fully saturated rings. The third-order valence-corrected chi connectivity index (χ3v) is 8.90. The smallest absolute Gasteiger partial charge is 0.264 e. The van der Waals surface area contributed by atoms with Gasteiger partial charge in [-0.25, -0.2) is 8.42 Å². The molecule has 0 spiro atoms. The zero-order valence-electron chi connectivity index (χ0n) is 25.1. The predicted molar refractivity (Wildman–Crippen MR) is 171 cm³/mol. The van der Waals surface area contributed by atoms with Crippen molar-refractivity contribution in [3.8, 4) is 0 Å². The first-order valence-electron chi connectivity index (χ1n) is 14.4. The number of hydrogen-bond acceptors (Lipinski definition) is 4. The van der Waals surface area contributed by atoms with Gasteiger partial charge < -0.3 is 10.2 Å². The van der Waals surface area contributed by atoms with Gasteiger partial charge >= 0.3 is 0 Å². The summed E-state index contributed by atoms with van der Waals surface area (Å²) >= 11 is 0. The molecular weight excluding hydrogens is 558 g/mol. The zero-order valence-corrected chi connectivity index (χ0v) is 25.9. The SMILES string of the molecule is Cc1ccc(N(CC(=O)N(Cc2ccccc2)[C@H](Cc2ccccc2)C(=O)NC(C)C)S(=O)(=O)c2ccc(C)cc2)cc1. The van der Waals surface area contributed by atoms with E-state index in [2.05, 4.69) is 5.32 Å². The highest BCUT2D eigenvalue weighted by Gasteiger charge is 2.34. The van der Waals surface area contributed by atoms with Crippen LogP contribution in [0.15, 0.2) is 114 Å². The van der Waals surface area contributed by atoms with Crippen molar-refractivity contribution >= 4 is 27.5 Å². The van der Waals surface area contributed by atoms with E-state index in [1.165, 1.54) is 4.90 Å². The van der Waals surface area contributed by atoms with Crippen LogP contribution >= 0.6 is 0 Å². The quantitative estimate of drug-likeness (QED) is 0.228. The minimum Gasteiger partial charge on any atom is -0.352 e. The lowest BCUT2D eigenvalue weighted by Crippen LogP contribution is -2.54. The van der Waals surface area contributed by atoms with Gasteiger partial charge in [0.1, 0.15) is 12.6 Å². The lowest BCUT2D eigenvalue weighted by Gasteiger charge is -2.34. The number of amides is 2. The molecule has 0 aliphatic heterocycles. The standard InChI is InChI=1S/C35H39N3O4S/c1-26(2)36-35(40)33(23-29-11-7-5-8-12-29)37(24-30-13-9-6-10-14-30)34(39)25-38(31-19-15-27(3)16-20-31)43(41,42)32-21-17-28(4)18-22-32/h5-22,26,33H,23-25H2,1-4H3,(H,36,40)/t33-/m1/s1. The molecule has 0 radical (unpaired) electrons. The van der Waals surface area contributed by atoms with Crippen molar-refractivity contribution in [3.63, 3.8) is 0 Å². The van der Waals surface area contributed by atoms with E-state index in [-0.39, 0.29) is 29.8 Å². The molecule has 4 aromatic carbocycles. The predicted octanol–water partition coefficient (Wildman–Crippen LogP) is 5.66. The fraction of sp³-hybridized carbons (Fsp3) is 0.257. The summed E-state index contributed by atoms with van der Waals surface area (Å²) in [5.41, 5.74) is 3.97. The van der Waals surface area contributed by atoms with Crippen LogP contribution in [0.4, 0.5) is 5.69 Å². The number of sulfonamides is 1. The van der Waals surface area contributed by atoms with E-state index in [4.69, 9.17) is 0 Å². The fourth-order valence-electron chi connectivity index (χ4n) is 4.79. The largest absolute Gasteiger partial charge is 0.352 e. The van der Waals surface area contributed by atoms with Crippen LogP contribution in [0.5, 0.6) is 0 Å². The number of carbonyl (C=O) groups is 2. The third-order valence-electron chi connectivity index (χ3n) is 7.11. The van der Waals surface area contributed by atoms with Crippen LogP contribution < -0.4 is 9.62 Å². The van der Waals surface area contributed by atoms with Gasteiger partial charge in [0.05, 0.1) is 10.6 Å². The normalized spacial score (nSPS) is 12.0. The van der Waals surface area contributed by atoms with Gasteiger partial charge in [-0.1, -0.05) is 96.1 Å². The lowest BCUT2D eigenvalue weighted by atomic mass is 10.0. The average molecular weight is 598 g/mol. The van der Waals surface area contributed by atoms with Gasteiger partial charge in [0.15, 0.2) is 0 Å². The Labute approximate surface area is 255 Å². The molecule has 0 heterocycles. The van der Waals surface area contributed by atoms with Crippen LogP contribution in [0, 0.1) is 13.8 Å². The molecule has 43 heavy (non-hydrogen) atoms. The van der Waals surface area contributed by atoms with Crippen LogP contribution in [-0.2, 0) is 32.6 Å². The number of carbonyl (C=O) groups excluding carboxylic acids is 2. The molecule has 4 aromatic rings. The molecule has 0 unspecified atom stereocenters. The van der Waals surface area contributed by atoms with Crippen LogP contribution in [0.2, 0.25) is 0 Å². The van der Waals surface area contributed by atoms with E-state index in [0.717, 1.165) is 26.6 Å². The second-order valence-electron chi connectivity index (χ2n) is 11.0. The molecule has 0 aromatic heterocycles. The number of hydrogen-bond donors (Lipinski definition) is 1. The van der Waals surface area contributed by atoms with Gasteiger partial charge in [0.2, 0.25) is 11.8 Å². The Morgan fingerprint density at radius 1 is 0.721 bits per heavy atom. The Morgan fingerprint density at radius 3 is 1.77 bits per heavy atom. The Balaban J connectivity index is 1.78. The molecule has 224 valence electrons. The van der Waals surface area contributed by atoms with Crippen LogP contribution in [0.1, 0.15) is 36.1 Å². The summed E-state index contributed by atoms with van der Waals surface area (Å²) < 4.78 is 29.3. The summed E-state index contributed by atoms with van der Waals surface area (Å²) in [7, 11) is -4.12. The number of benzene rings is 4. The fourth-order valence-corrected chi connectivity index (χ4v) is 6.21. The highest BCUT2D eigenvalue weighted by Crippen LogP contribution is 2.26. The maximum atomic E-state index is 14.4. The first-order chi connectivity index (χ1) is 20.5. The van der Waals surface area contributed by atoms with Crippen molar-refractivity contribution in [2.75, 3.05) is 10.8 Å². The average Bonchev–Trinajstić information content (AvgIpc) is 2.99. The summed E-state index contributed by atoms with van der Waals surface area (Å²) in [6, 6.07) is 31.5. The highest BCUT2D eigenvalue weighted by molar-refractivity contribution is 7.92. The molecule has 0 bridgehead atoms. The minimum atomic E-state index is -4.12. The molecule has 0 saturated heterocycles. The Morgan fingerprint density at radius 2 is 1.23 bits per heavy atom. The summed E-state index contributed by atoms with van der Waals surface area (Å²) in [4.78, 5) is 29.7. The molecule has 0 aliphatic rings. The van der Waals surface area contributed by atoms with E-state index in [1.54, 1.807) is 36.4 Å². The van der Waals surface area contributed by atoms with Crippen LogP contribution in [-0.4, -0.2) is 43.8 Å². The Kier molecular flexibility index (Phi) is 10.4. The molecule has 0 saturated carbocycles. The number of aryl methyl sites for hydroxylation is 2. The van der Waals surface area contributed by atoms with Gasteiger partial charge in [-0.3, -0.25) is 13.9 Å².